The number of nitrogens with one attached hydrogen (secondary N) is 1. The Morgan fingerprint density at radius 3 is 2.32 bits per heavy atom. The molecule has 3 aromatic carbocycles. The van der Waals surface area contributed by atoms with Gasteiger partial charge in [0.2, 0.25) is 0 Å². The minimum Gasteiger partial charge on any atom is -0.494 e. The van der Waals surface area contributed by atoms with Crippen molar-refractivity contribution in [2.24, 2.45) is 0 Å². The largest absolute Gasteiger partial charge is 0.494 e. The minimum absolute atomic E-state index is 0.0129. The number of nitrogens with zero attached hydrogens (tertiary/aromatic N) is 2. The summed E-state index contributed by atoms with van der Waals surface area (Å²) in [6.07, 6.45) is 0.940. The highest BCUT2D eigenvalue weighted by Crippen LogP contribution is 2.30. The lowest BCUT2D eigenvalue weighted by Crippen LogP contribution is -2.48. The maximum absolute atomic E-state index is 12.9. The summed E-state index contributed by atoms with van der Waals surface area (Å²) < 4.78 is 11.3. The van der Waals surface area contributed by atoms with Crippen molar-refractivity contribution in [2.45, 2.75) is 27.2 Å². The predicted octanol–water partition coefficient (Wildman–Crippen LogP) is 5.73. The number of hydrogen-bond acceptors (Lipinski definition) is 5. The van der Waals surface area contributed by atoms with Gasteiger partial charge in [-0.05, 0) is 74.4 Å². The zero-order chi connectivity index (χ0) is 27.1. The molecule has 1 aliphatic heterocycles. The van der Waals surface area contributed by atoms with Crippen LogP contribution < -0.4 is 19.7 Å². The molecule has 38 heavy (non-hydrogen) atoms. The molecule has 0 atom stereocenters. The van der Waals surface area contributed by atoms with E-state index in [2.05, 4.69) is 17.1 Å². The SMILES string of the molecule is CCCOc1ccc(C(=O)N2CCN(c3ccc(NC(=O)COc4ccc(C)cc4C)cc3Cl)CC2)cc1. The average molecular weight is 536 g/mol. The lowest BCUT2D eigenvalue weighted by Gasteiger charge is -2.36. The van der Waals surface area contributed by atoms with Crippen molar-refractivity contribution >= 4 is 34.8 Å². The second-order valence-corrected chi connectivity index (χ2v) is 9.83. The minimum atomic E-state index is -0.258. The van der Waals surface area contributed by atoms with Gasteiger partial charge < -0.3 is 24.6 Å². The molecule has 1 heterocycles. The van der Waals surface area contributed by atoms with E-state index in [1.54, 1.807) is 6.07 Å². The number of piperazine rings is 1. The average Bonchev–Trinajstić information content (AvgIpc) is 2.91. The lowest BCUT2D eigenvalue weighted by molar-refractivity contribution is -0.118. The molecule has 0 saturated carbocycles. The molecule has 8 heteroatoms. The Bertz CT molecular complexity index is 1270. The van der Waals surface area contributed by atoms with E-state index in [1.807, 2.05) is 73.3 Å². The summed E-state index contributed by atoms with van der Waals surface area (Å²) in [5, 5.41) is 3.38. The first-order chi connectivity index (χ1) is 18.3. The summed E-state index contributed by atoms with van der Waals surface area (Å²) in [6.45, 7) is 9.12. The molecule has 1 N–H and O–H groups in total. The monoisotopic (exact) mass is 535 g/mol. The number of halogens is 1. The van der Waals surface area contributed by atoms with Crippen LogP contribution in [0.25, 0.3) is 0 Å². The number of anilines is 2. The van der Waals surface area contributed by atoms with Crippen molar-refractivity contribution in [3.63, 3.8) is 0 Å². The number of rotatable bonds is 9. The van der Waals surface area contributed by atoms with Crippen LogP contribution in [-0.2, 0) is 4.79 Å². The zero-order valence-corrected chi connectivity index (χ0v) is 22.9. The molecule has 1 fully saturated rings. The number of amides is 2. The van der Waals surface area contributed by atoms with Crippen molar-refractivity contribution in [3.05, 3.63) is 82.4 Å². The van der Waals surface area contributed by atoms with Crippen LogP contribution in [0.5, 0.6) is 11.5 Å². The van der Waals surface area contributed by atoms with E-state index in [0.29, 0.717) is 54.8 Å². The van der Waals surface area contributed by atoms with Gasteiger partial charge in [0.25, 0.3) is 11.8 Å². The van der Waals surface area contributed by atoms with Gasteiger partial charge in [-0.2, -0.15) is 0 Å². The topological polar surface area (TPSA) is 71.1 Å². The molecule has 1 saturated heterocycles. The second kappa shape index (κ2) is 12.7. The molecule has 7 nitrogen and oxygen atoms in total. The van der Waals surface area contributed by atoms with E-state index in [1.165, 1.54) is 0 Å². The Morgan fingerprint density at radius 2 is 1.66 bits per heavy atom. The first kappa shape index (κ1) is 27.3. The van der Waals surface area contributed by atoms with Gasteiger partial charge in [0.1, 0.15) is 11.5 Å². The maximum atomic E-state index is 12.9. The summed E-state index contributed by atoms with van der Waals surface area (Å²) in [4.78, 5) is 29.4. The Hall–Kier alpha value is -3.71. The molecule has 1 aliphatic rings. The van der Waals surface area contributed by atoms with Gasteiger partial charge in [0.15, 0.2) is 6.61 Å². The van der Waals surface area contributed by atoms with E-state index in [-0.39, 0.29) is 18.4 Å². The van der Waals surface area contributed by atoms with Crippen molar-refractivity contribution in [1.29, 1.82) is 0 Å². The number of ether oxygens (including phenoxy) is 2. The molecule has 3 aromatic rings. The summed E-state index contributed by atoms with van der Waals surface area (Å²) in [6, 6.07) is 18.6. The predicted molar refractivity (Wildman–Crippen MR) is 152 cm³/mol. The van der Waals surface area contributed by atoms with Crippen LogP contribution in [0.2, 0.25) is 5.02 Å². The number of hydrogen-bond donors (Lipinski definition) is 1. The molecule has 0 bridgehead atoms. The third-order valence-electron chi connectivity index (χ3n) is 6.40. The first-order valence-corrected chi connectivity index (χ1v) is 13.3. The molecule has 0 spiro atoms. The van der Waals surface area contributed by atoms with Gasteiger partial charge in [0.05, 0.1) is 17.3 Å². The molecule has 0 radical (unpaired) electrons. The first-order valence-electron chi connectivity index (χ1n) is 12.9. The Kier molecular flexibility index (Phi) is 9.13. The van der Waals surface area contributed by atoms with Gasteiger partial charge in [0, 0.05) is 37.4 Å². The highest BCUT2D eigenvalue weighted by atomic mass is 35.5. The summed E-state index contributed by atoms with van der Waals surface area (Å²) in [5.41, 5.74) is 4.27. The van der Waals surface area contributed by atoms with Gasteiger partial charge in [-0.3, -0.25) is 9.59 Å². The molecular weight excluding hydrogens is 502 g/mol. The van der Waals surface area contributed by atoms with Gasteiger partial charge in [-0.1, -0.05) is 36.2 Å². The summed E-state index contributed by atoms with van der Waals surface area (Å²) in [5.74, 6) is 1.22. The van der Waals surface area contributed by atoms with Crippen molar-refractivity contribution in [3.8, 4) is 11.5 Å². The van der Waals surface area contributed by atoms with E-state index in [9.17, 15) is 9.59 Å². The Morgan fingerprint density at radius 1 is 0.921 bits per heavy atom. The molecular formula is C30H34ClN3O4. The fraction of sp³-hybridized carbons (Fsp3) is 0.333. The van der Waals surface area contributed by atoms with Gasteiger partial charge >= 0.3 is 0 Å². The van der Waals surface area contributed by atoms with E-state index in [4.69, 9.17) is 21.1 Å². The normalized spacial score (nSPS) is 13.3. The van der Waals surface area contributed by atoms with Crippen molar-refractivity contribution in [2.75, 3.05) is 49.6 Å². The molecule has 200 valence electrons. The highest BCUT2D eigenvalue weighted by molar-refractivity contribution is 6.33. The van der Waals surface area contributed by atoms with Crippen LogP contribution in [0.3, 0.4) is 0 Å². The smallest absolute Gasteiger partial charge is 0.262 e. The standard InChI is InChI=1S/C30H34ClN3O4/c1-4-17-37-25-9-6-23(7-10-25)30(36)34-15-13-33(14-16-34)27-11-8-24(19-26(27)31)32-29(35)20-38-28-12-5-21(2)18-22(28)3/h5-12,18-19H,4,13-17,20H2,1-3H3,(H,32,35). The number of benzene rings is 3. The number of aryl methyl sites for hydroxylation is 2. The van der Waals surface area contributed by atoms with Crippen LogP contribution >= 0.6 is 11.6 Å². The van der Waals surface area contributed by atoms with Crippen molar-refractivity contribution < 1.29 is 19.1 Å². The van der Waals surface area contributed by atoms with E-state index >= 15 is 0 Å². The number of carbonyl (C=O) groups is 2. The van der Waals surface area contributed by atoms with Crippen LogP contribution in [0.4, 0.5) is 11.4 Å². The number of carbonyl (C=O) groups excluding carboxylic acids is 2. The molecule has 0 unspecified atom stereocenters. The third-order valence-corrected chi connectivity index (χ3v) is 6.71. The Balaban J connectivity index is 1.28. The lowest BCUT2D eigenvalue weighted by atomic mass is 10.1. The van der Waals surface area contributed by atoms with Crippen molar-refractivity contribution in [1.82, 2.24) is 4.90 Å². The quantitative estimate of drug-likeness (QED) is 0.379. The van der Waals surface area contributed by atoms with Crippen LogP contribution in [0.15, 0.2) is 60.7 Å². The fourth-order valence-electron chi connectivity index (χ4n) is 4.39. The molecule has 4 rings (SSSR count). The van der Waals surface area contributed by atoms with Crippen LogP contribution in [0.1, 0.15) is 34.8 Å². The van der Waals surface area contributed by atoms with Gasteiger partial charge in [-0.25, -0.2) is 0 Å². The second-order valence-electron chi connectivity index (χ2n) is 9.42. The van der Waals surface area contributed by atoms with E-state index < -0.39 is 0 Å². The van der Waals surface area contributed by atoms with Gasteiger partial charge in [-0.15, -0.1) is 0 Å². The summed E-state index contributed by atoms with van der Waals surface area (Å²) in [7, 11) is 0. The zero-order valence-electron chi connectivity index (χ0n) is 22.1. The summed E-state index contributed by atoms with van der Waals surface area (Å²) >= 11 is 6.58. The maximum Gasteiger partial charge on any atom is 0.262 e. The highest BCUT2D eigenvalue weighted by Gasteiger charge is 2.23. The molecule has 0 aliphatic carbocycles. The van der Waals surface area contributed by atoms with E-state index in [0.717, 1.165) is 29.0 Å². The fourth-order valence-corrected chi connectivity index (χ4v) is 4.69. The molecule has 2 amide bonds. The Labute approximate surface area is 229 Å². The van der Waals surface area contributed by atoms with Crippen LogP contribution in [-0.4, -0.2) is 56.1 Å². The molecule has 0 aromatic heterocycles. The van der Waals surface area contributed by atoms with Crippen LogP contribution in [0, 0.1) is 13.8 Å². The third kappa shape index (κ3) is 6.98.